The van der Waals surface area contributed by atoms with Crippen LogP contribution in [0.1, 0.15) is 5.56 Å². The molecule has 98 valence electrons. The largest absolute Gasteiger partial charge is 0.383 e. The molecule has 0 aliphatic carbocycles. The highest BCUT2D eigenvalue weighted by Gasteiger charge is 2.20. The maximum absolute atomic E-state index is 12.1. The van der Waals surface area contributed by atoms with Crippen LogP contribution in [-0.4, -0.2) is 18.6 Å². The Morgan fingerprint density at radius 1 is 1.47 bits per heavy atom. The van der Waals surface area contributed by atoms with Crippen molar-refractivity contribution in [1.82, 2.24) is 10.2 Å². The van der Waals surface area contributed by atoms with Gasteiger partial charge in [0.25, 0.3) is 10.0 Å². The number of aromatic nitrogens is 2. The van der Waals surface area contributed by atoms with Gasteiger partial charge in [-0.15, -0.1) is 0 Å². The molecule has 9 heteroatoms. The van der Waals surface area contributed by atoms with Crippen molar-refractivity contribution in [2.45, 2.75) is 4.90 Å². The molecule has 0 spiro atoms. The number of nitrogens with zero attached hydrogens (tertiary/aromatic N) is 2. The summed E-state index contributed by atoms with van der Waals surface area (Å²) in [4.78, 5) is -0.198. The number of aromatic amines is 1. The minimum absolute atomic E-state index is 0.0793. The van der Waals surface area contributed by atoms with Crippen molar-refractivity contribution in [3.63, 3.8) is 0 Å². The minimum atomic E-state index is -3.93. The molecular formula is C10H8ClN5O2S. The molecule has 1 aromatic heterocycles. The molecular weight excluding hydrogens is 290 g/mol. The standard InChI is InChI=1S/C10H8ClN5O2S/c11-7-2-1-6(4-12)8(3-7)16-19(17,18)9-5-14-15-10(9)13/h1-3,5,16H,(H3,13,14,15). The Hall–Kier alpha value is -2.24. The molecule has 0 unspecified atom stereocenters. The molecule has 2 rings (SSSR count). The Balaban J connectivity index is 2.45. The first-order chi connectivity index (χ1) is 8.94. The van der Waals surface area contributed by atoms with Gasteiger partial charge < -0.3 is 5.73 Å². The van der Waals surface area contributed by atoms with Crippen LogP contribution in [0.3, 0.4) is 0 Å². The molecule has 1 aromatic carbocycles. The number of hydrogen-bond acceptors (Lipinski definition) is 5. The molecule has 0 bridgehead atoms. The van der Waals surface area contributed by atoms with Crippen LogP contribution < -0.4 is 10.5 Å². The lowest BCUT2D eigenvalue weighted by Crippen LogP contribution is -2.14. The second kappa shape index (κ2) is 4.79. The minimum Gasteiger partial charge on any atom is -0.383 e. The van der Waals surface area contributed by atoms with Crippen molar-refractivity contribution in [3.8, 4) is 6.07 Å². The van der Waals surface area contributed by atoms with E-state index in [2.05, 4.69) is 14.9 Å². The van der Waals surface area contributed by atoms with Crippen molar-refractivity contribution in [3.05, 3.63) is 35.0 Å². The summed E-state index contributed by atoms with van der Waals surface area (Å²) in [6, 6.07) is 6.11. The number of nitrogen functional groups attached to an aromatic ring is 1. The SMILES string of the molecule is N#Cc1ccc(Cl)cc1NS(=O)(=O)c1cn[nH]c1N. The summed E-state index contributed by atoms with van der Waals surface area (Å²) in [7, 11) is -3.93. The van der Waals surface area contributed by atoms with Crippen molar-refractivity contribution in [2.24, 2.45) is 0 Å². The number of hydrogen-bond donors (Lipinski definition) is 3. The van der Waals surface area contributed by atoms with E-state index in [4.69, 9.17) is 22.6 Å². The van der Waals surface area contributed by atoms with Crippen molar-refractivity contribution >= 4 is 33.1 Å². The Bertz CT molecular complexity index is 762. The normalized spacial score (nSPS) is 10.9. The number of benzene rings is 1. The van der Waals surface area contributed by atoms with E-state index in [1.807, 2.05) is 6.07 Å². The lowest BCUT2D eigenvalue weighted by Gasteiger charge is -2.08. The van der Waals surface area contributed by atoms with Gasteiger partial charge in [0, 0.05) is 5.02 Å². The third kappa shape index (κ3) is 2.62. The van der Waals surface area contributed by atoms with Gasteiger partial charge in [0.1, 0.15) is 16.8 Å². The second-order valence-corrected chi connectivity index (χ2v) is 5.64. The van der Waals surface area contributed by atoms with Crippen LogP contribution in [0.25, 0.3) is 0 Å². The fourth-order valence-corrected chi connectivity index (χ4v) is 2.66. The molecule has 0 fully saturated rings. The van der Waals surface area contributed by atoms with Gasteiger partial charge in [-0.1, -0.05) is 11.6 Å². The van der Waals surface area contributed by atoms with Crippen LogP contribution in [0.4, 0.5) is 11.5 Å². The van der Waals surface area contributed by atoms with Gasteiger partial charge in [-0.05, 0) is 18.2 Å². The molecule has 4 N–H and O–H groups in total. The van der Waals surface area contributed by atoms with Crippen LogP contribution in [0.5, 0.6) is 0 Å². The van der Waals surface area contributed by atoms with Gasteiger partial charge in [0.05, 0.1) is 17.4 Å². The Morgan fingerprint density at radius 3 is 2.79 bits per heavy atom. The first-order valence-corrected chi connectivity index (χ1v) is 6.81. The van der Waals surface area contributed by atoms with Gasteiger partial charge in [-0.2, -0.15) is 10.4 Å². The number of sulfonamides is 1. The van der Waals surface area contributed by atoms with E-state index < -0.39 is 10.0 Å². The fourth-order valence-electron chi connectivity index (χ4n) is 1.40. The average Bonchev–Trinajstić information content (AvgIpc) is 2.76. The summed E-state index contributed by atoms with van der Waals surface area (Å²) < 4.78 is 26.4. The average molecular weight is 298 g/mol. The Kier molecular flexibility index (Phi) is 3.33. The van der Waals surface area contributed by atoms with Gasteiger partial charge in [-0.3, -0.25) is 9.82 Å². The highest BCUT2D eigenvalue weighted by Crippen LogP contribution is 2.24. The molecule has 0 radical (unpaired) electrons. The molecule has 0 atom stereocenters. The third-order valence-corrected chi connectivity index (χ3v) is 3.90. The number of nitrogens with one attached hydrogen (secondary N) is 2. The predicted molar refractivity (Wildman–Crippen MR) is 70.0 cm³/mol. The number of nitriles is 1. The quantitative estimate of drug-likeness (QED) is 0.788. The molecule has 0 saturated heterocycles. The zero-order chi connectivity index (χ0) is 14.0. The van der Waals surface area contributed by atoms with Crippen LogP contribution in [0.2, 0.25) is 5.02 Å². The monoisotopic (exact) mass is 297 g/mol. The Labute approximate surface area is 114 Å². The zero-order valence-corrected chi connectivity index (χ0v) is 11.0. The van der Waals surface area contributed by atoms with Crippen molar-refractivity contribution in [1.29, 1.82) is 5.26 Å². The Morgan fingerprint density at radius 2 is 2.21 bits per heavy atom. The van der Waals surface area contributed by atoms with Crippen molar-refractivity contribution < 1.29 is 8.42 Å². The van der Waals surface area contributed by atoms with Crippen LogP contribution in [-0.2, 0) is 10.0 Å². The maximum atomic E-state index is 12.1. The molecule has 0 aliphatic heterocycles. The summed E-state index contributed by atoms with van der Waals surface area (Å²) in [6.45, 7) is 0. The predicted octanol–water partition coefficient (Wildman–Crippen LogP) is 1.32. The molecule has 7 nitrogen and oxygen atoms in total. The number of anilines is 2. The van der Waals surface area contributed by atoms with E-state index in [0.29, 0.717) is 5.02 Å². The van der Waals surface area contributed by atoms with Gasteiger partial charge >= 0.3 is 0 Å². The van der Waals surface area contributed by atoms with Crippen LogP contribution in [0, 0.1) is 11.3 Å². The smallest absolute Gasteiger partial charge is 0.267 e. The van der Waals surface area contributed by atoms with E-state index in [-0.39, 0.29) is 22.0 Å². The molecule has 0 aliphatic rings. The van der Waals surface area contributed by atoms with Crippen LogP contribution >= 0.6 is 11.6 Å². The van der Waals surface area contributed by atoms with Crippen molar-refractivity contribution in [2.75, 3.05) is 10.5 Å². The van der Waals surface area contributed by atoms with Gasteiger partial charge in [-0.25, -0.2) is 8.42 Å². The van der Waals surface area contributed by atoms with E-state index in [1.54, 1.807) is 0 Å². The van der Waals surface area contributed by atoms with Gasteiger partial charge in [0.2, 0.25) is 0 Å². The zero-order valence-electron chi connectivity index (χ0n) is 9.38. The first-order valence-electron chi connectivity index (χ1n) is 4.95. The molecule has 2 aromatic rings. The highest BCUT2D eigenvalue weighted by molar-refractivity contribution is 7.92. The number of H-pyrrole nitrogens is 1. The van der Waals surface area contributed by atoms with E-state index in [9.17, 15) is 8.42 Å². The maximum Gasteiger partial charge on any atom is 0.267 e. The summed E-state index contributed by atoms with van der Waals surface area (Å²) >= 11 is 5.77. The third-order valence-electron chi connectivity index (χ3n) is 2.27. The lowest BCUT2D eigenvalue weighted by molar-refractivity contribution is 0.601. The van der Waals surface area contributed by atoms with E-state index in [1.165, 1.54) is 18.2 Å². The summed E-state index contributed by atoms with van der Waals surface area (Å²) in [5.74, 6) is -0.0898. The second-order valence-electron chi connectivity index (χ2n) is 3.56. The lowest BCUT2D eigenvalue weighted by atomic mass is 10.2. The number of halogens is 1. The summed E-state index contributed by atoms with van der Waals surface area (Å²) in [5, 5.41) is 15.1. The first kappa shape index (κ1) is 13.2. The topological polar surface area (TPSA) is 125 Å². The van der Waals surface area contributed by atoms with Crippen LogP contribution in [0.15, 0.2) is 29.3 Å². The summed E-state index contributed by atoms with van der Waals surface area (Å²) in [5.41, 5.74) is 5.68. The number of nitrogens with two attached hydrogens (primary N) is 1. The fraction of sp³-hybridized carbons (Fsp3) is 0. The molecule has 1 heterocycles. The highest BCUT2D eigenvalue weighted by atomic mass is 35.5. The molecule has 19 heavy (non-hydrogen) atoms. The molecule has 0 saturated carbocycles. The van der Waals surface area contributed by atoms with E-state index >= 15 is 0 Å². The van der Waals surface area contributed by atoms with Gasteiger partial charge in [0.15, 0.2) is 0 Å². The summed E-state index contributed by atoms with van der Waals surface area (Å²) in [6.07, 6.45) is 1.08. The molecule has 0 amide bonds. The van der Waals surface area contributed by atoms with E-state index in [0.717, 1.165) is 6.20 Å². The number of rotatable bonds is 3.